The SMILES string of the molecule is CCN1CCN(c2ccc(C(=O)Nc3ccc(C(C)C)cc3)nc2)CC1. The number of nitrogens with one attached hydrogen (secondary N) is 1. The minimum Gasteiger partial charge on any atom is -0.368 e. The molecule has 0 unspecified atom stereocenters. The Hall–Kier alpha value is -2.40. The minimum atomic E-state index is -0.176. The standard InChI is InChI=1S/C21H28N4O/c1-4-24-11-13-25(14-12-24)19-9-10-20(22-15-19)21(26)23-18-7-5-17(6-8-18)16(2)3/h5-10,15-16H,4,11-14H2,1-3H3,(H,23,26). The summed E-state index contributed by atoms with van der Waals surface area (Å²) in [4.78, 5) is 21.5. The molecule has 26 heavy (non-hydrogen) atoms. The van der Waals surface area contributed by atoms with Gasteiger partial charge in [-0.3, -0.25) is 4.79 Å². The molecule has 1 aliphatic rings. The first kappa shape index (κ1) is 18.4. The van der Waals surface area contributed by atoms with E-state index in [0.29, 0.717) is 11.6 Å². The van der Waals surface area contributed by atoms with Gasteiger partial charge in [0.15, 0.2) is 0 Å². The van der Waals surface area contributed by atoms with Gasteiger partial charge < -0.3 is 15.1 Å². The topological polar surface area (TPSA) is 48.5 Å². The quantitative estimate of drug-likeness (QED) is 0.893. The number of pyridine rings is 1. The summed E-state index contributed by atoms with van der Waals surface area (Å²) in [6.07, 6.45) is 1.80. The van der Waals surface area contributed by atoms with Gasteiger partial charge in [-0.05, 0) is 42.3 Å². The maximum absolute atomic E-state index is 12.4. The molecular formula is C21H28N4O. The van der Waals surface area contributed by atoms with Crippen molar-refractivity contribution in [2.45, 2.75) is 26.7 Å². The van der Waals surface area contributed by atoms with Gasteiger partial charge in [0.25, 0.3) is 5.91 Å². The van der Waals surface area contributed by atoms with Crippen molar-refractivity contribution in [3.05, 3.63) is 53.9 Å². The second-order valence-corrected chi connectivity index (χ2v) is 7.05. The predicted molar refractivity (Wildman–Crippen MR) is 107 cm³/mol. The van der Waals surface area contributed by atoms with Crippen LogP contribution in [0, 0.1) is 0 Å². The number of rotatable bonds is 5. The molecule has 2 heterocycles. The molecular weight excluding hydrogens is 324 g/mol. The first-order chi connectivity index (χ1) is 12.6. The first-order valence-electron chi connectivity index (χ1n) is 9.41. The summed E-state index contributed by atoms with van der Waals surface area (Å²) in [5, 5.41) is 2.92. The van der Waals surface area contributed by atoms with Crippen LogP contribution in [-0.2, 0) is 0 Å². The molecule has 0 spiro atoms. The van der Waals surface area contributed by atoms with E-state index >= 15 is 0 Å². The fourth-order valence-electron chi connectivity index (χ4n) is 3.18. The van der Waals surface area contributed by atoms with Crippen LogP contribution < -0.4 is 10.2 Å². The number of hydrogen-bond donors (Lipinski definition) is 1. The number of anilines is 2. The van der Waals surface area contributed by atoms with Crippen molar-refractivity contribution in [3.63, 3.8) is 0 Å². The third kappa shape index (κ3) is 4.41. The molecule has 0 saturated carbocycles. The number of piperazine rings is 1. The predicted octanol–water partition coefficient (Wildman–Crippen LogP) is 3.60. The molecule has 1 aliphatic heterocycles. The molecule has 0 atom stereocenters. The fraction of sp³-hybridized carbons (Fsp3) is 0.429. The van der Waals surface area contributed by atoms with E-state index in [-0.39, 0.29) is 5.91 Å². The molecule has 1 saturated heterocycles. The number of benzene rings is 1. The van der Waals surface area contributed by atoms with Gasteiger partial charge in [0.2, 0.25) is 0 Å². The lowest BCUT2D eigenvalue weighted by Gasteiger charge is -2.35. The molecule has 3 rings (SSSR count). The van der Waals surface area contributed by atoms with Crippen LogP contribution in [0.25, 0.3) is 0 Å². The number of carbonyl (C=O) groups is 1. The van der Waals surface area contributed by atoms with Crippen molar-refractivity contribution in [2.75, 3.05) is 42.9 Å². The summed E-state index contributed by atoms with van der Waals surface area (Å²) in [7, 11) is 0. The molecule has 1 aromatic heterocycles. The van der Waals surface area contributed by atoms with E-state index in [4.69, 9.17) is 0 Å². The maximum atomic E-state index is 12.4. The molecule has 0 aliphatic carbocycles. The van der Waals surface area contributed by atoms with Crippen molar-refractivity contribution in [1.29, 1.82) is 0 Å². The van der Waals surface area contributed by atoms with Crippen LogP contribution in [0.3, 0.4) is 0 Å². The maximum Gasteiger partial charge on any atom is 0.274 e. The lowest BCUT2D eigenvalue weighted by molar-refractivity contribution is 0.102. The van der Waals surface area contributed by atoms with Crippen LogP contribution in [0.2, 0.25) is 0 Å². The Morgan fingerprint density at radius 1 is 1.08 bits per heavy atom. The van der Waals surface area contributed by atoms with Gasteiger partial charge in [-0.15, -0.1) is 0 Å². The average molecular weight is 352 g/mol. The Morgan fingerprint density at radius 3 is 2.31 bits per heavy atom. The monoisotopic (exact) mass is 352 g/mol. The van der Waals surface area contributed by atoms with E-state index < -0.39 is 0 Å². The van der Waals surface area contributed by atoms with E-state index in [0.717, 1.165) is 44.1 Å². The molecule has 1 N–H and O–H groups in total. The van der Waals surface area contributed by atoms with Gasteiger partial charge in [0.1, 0.15) is 5.69 Å². The number of amides is 1. The summed E-state index contributed by atoms with van der Waals surface area (Å²) < 4.78 is 0. The number of hydrogen-bond acceptors (Lipinski definition) is 4. The number of nitrogens with zero attached hydrogens (tertiary/aromatic N) is 3. The lowest BCUT2D eigenvalue weighted by atomic mass is 10.0. The van der Waals surface area contributed by atoms with Crippen molar-refractivity contribution >= 4 is 17.3 Å². The highest BCUT2D eigenvalue weighted by Crippen LogP contribution is 2.19. The van der Waals surface area contributed by atoms with E-state index in [2.05, 4.69) is 40.9 Å². The highest BCUT2D eigenvalue weighted by molar-refractivity contribution is 6.02. The highest BCUT2D eigenvalue weighted by atomic mass is 16.1. The number of carbonyl (C=O) groups excluding carboxylic acids is 1. The zero-order valence-corrected chi connectivity index (χ0v) is 15.9. The summed E-state index contributed by atoms with van der Waals surface area (Å²) in [5.74, 6) is 0.304. The molecule has 2 aromatic rings. The van der Waals surface area contributed by atoms with Gasteiger partial charge in [-0.25, -0.2) is 4.98 Å². The molecule has 0 radical (unpaired) electrons. The Labute approximate surface area is 156 Å². The first-order valence-corrected chi connectivity index (χ1v) is 9.41. The zero-order chi connectivity index (χ0) is 18.5. The van der Waals surface area contributed by atoms with E-state index in [1.165, 1.54) is 5.56 Å². The molecule has 5 nitrogen and oxygen atoms in total. The van der Waals surface area contributed by atoms with Gasteiger partial charge in [-0.2, -0.15) is 0 Å². The summed E-state index contributed by atoms with van der Waals surface area (Å²) >= 11 is 0. The smallest absolute Gasteiger partial charge is 0.274 e. The van der Waals surface area contributed by atoms with Crippen molar-refractivity contribution in [2.24, 2.45) is 0 Å². The summed E-state index contributed by atoms with van der Waals surface area (Å²) in [5.41, 5.74) is 3.57. The molecule has 138 valence electrons. The number of likely N-dealkylation sites (N-methyl/N-ethyl adjacent to an activating group) is 1. The third-order valence-corrected chi connectivity index (χ3v) is 5.00. The van der Waals surface area contributed by atoms with Crippen molar-refractivity contribution < 1.29 is 4.79 Å². The Kier molecular flexibility index (Phi) is 5.89. The zero-order valence-electron chi connectivity index (χ0n) is 15.9. The van der Waals surface area contributed by atoms with Gasteiger partial charge in [-0.1, -0.05) is 32.9 Å². The van der Waals surface area contributed by atoms with Crippen LogP contribution >= 0.6 is 0 Å². The second-order valence-electron chi connectivity index (χ2n) is 7.05. The third-order valence-electron chi connectivity index (χ3n) is 5.00. The normalized spacial score (nSPS) is 15.3. The van der Waals surface area contributed by atoms with Crippen LogP contribution in [0.4, 0.5) is 11.4 Å². The van der Waals surface area contributed by atoms with Gasteiger partial charge >= 0.3 is 0 Å². The van der Waals surface area contributed by atoms with E-state index in [1.807, 2.05) is 30.3 Å². The molecule has 0 bridgehead atoms. The van der Waals surface area contributed by atoms with Crippen LogP contribution in [0.1, 0.15) is 42.7 Å². The summed E-state index contributed by atoms with van der Waals surface area (Å²) in [6.45, 7) is 11.8. The second kappa shape index (κ2) is 8.32. The Bertz CT molecular complexity index is 717. The number of aromatic nitrogens is 1. The molecule has 1 fully saturated rings. The average Bonchev–Trinajstić information content (AvgIpc) is 2.68. The van der Waals surface area contributed by atoms with Crippen molar-refractivity contribution in [3.8, 4) is 0 Å². The van der Waals surface area contributed by atoms with E-state index in [1.54, 1.807) is 12.3 Å². The summed E-state index contributed by atoms with van der Waals surface area (Å²) in [6, 6.07) is 11.8. The molecule has 1 amide bonds. The minimum absolute atomic E-state index is 0.176. The van der Waals surface area contributed by atoms with Crippen LogP contribution in [0.5, 0.6) is 0 Å². The largest absolute Gasteiger partial charge is 0.368 e. The lowest BCUT2D eigenvalue weighted by Crippen LogP contribution is -2.46. The van der Waals surface area contributed by atoms with Crippen LogP contribution in [0.15, 0.2) is 42.6 Å². The Morgan fingerprint density at radius 2 is 1.77 bits per heavy atom. The highest BCUT2D eigenvalue weighted by Gasteiger charge is 2.16. The van der Waals surface area contributed by atoms with Crippen LogP contribution in [-0.4, -0.2) is 48.5 Å². The van der Waals surface area contributed by atoms with Gasteiger partial charge in [0.05, 0.1) is 11.9 Å². The van der Waals surface area contributed by atoms with Gasteiger partial charge in [0, 0.05) is 31.9 Å². The van der Waals surface area contributed by atoms with E-state index in [9.17, 15) is 4.79 Å². The molecule has 1 aromatic carbocycles. The molecule has 5 heteroatoms. The van der Waals surface area contributed by atoms with Crippen molar-refractivity contribution in [1.82, 2.24) is 9.88 Å². The fourth-order valence-corrected chi connectivity index (χ4v) is 3.18. The Balaban J connectivity index is 1.60.